The number of hydrogen-bond acceptors (Lipinski definition) is 1. The van der Waals surface area contributed by atoms with Gasteiger partial charge in [-0.3, -0.25) is 0 Å². The van der Waals surface area contributed by atoms with Crippen LogP contribution in [-0.2, 0) is 4.74 Å². The lowest BCUT2D eigenvalue weighted by molar-refractivity contribution is 0.0626. The summed E-state index contributed by atoms with van der Waals surface area (Å²) in [5.74, 6) is 2.75. The van der Waals surface area contributed by atoms with E-state index in [0.29, 0.717) is 6.10 Å². The lowest BCUT2D eigenvalue weighted by Crippen LogP contribution is -2.19. The summed E-state index contributed by atoms with van der Waals surface area (Å²) in [5, 5.41) is 0. The van der Waals surface area contributed by atoms with Crippen molar-refractivity contribution in [2.75, 3.05) is 7.11 Å². The number of hydrogen-bond donors (Lipinski definition) is 0. The van der Waals surface area contributed by atoms with E-state index >= 15 is 0 Å². The van der Waals surface area contributed by atoms with Gasteiger partial charge in [0.1, 0.15) is 0 Å². The van der Waals surface area contributed by atoms with Crippen molar-refractivity contribution in [2.45, 2.75) is 90.1 Å². The van der Waals surface area contributed by atoms with Gasteiger partial charge in [-0.25, -0.2) is 0 Å². The molecular weight excluding hydrogens is 256 g/mol. The quantitative estimate of drug-likeness (QED) is 0.405. The van der Waals surface area contributed by atoms with E-state index in [1.165, 1.54) is 77.0 Å². The number of ether oxygens (including phenoxy) is 1. The summed E-state index contributed by atoms with van der Waals surface area (Å²) in [7, 11) is 1.86. The van der Waals surface area contributed by atoms with Crippen LogP contribution in [0.1, 0.15) is 84.0 Å². The molecule has 0 spiro atoms. The third kappa shape index (κ3) is 6.14. The fourth-order valence-corrected chi connectivity index (χ4v) is 4.18. The van der Waals surface area contributed by atoms with Crippen LogP contribution >= 0.6 is 0 Å². The summed E-state index contributed by atoms with van der Waals surface area (Å²) in [6.45, 7) is 2.31. The van der Waals surface area contributed by atoms with Crippen molar-refractivity contribution in [1.29, 1.82) is 0 Å². The third-order valence-corrected chi connectivity index (χ3v) is 5.81. The molecule has 0 saturated heterocycles. The Bertz CT molecular complexity index is 280. The second-order valence-corrected chi connectivity index (χ2v) is 7.43. The average molecular weight is 293 g/mol. The van der Waals surface area contributed by atoms with Gasteiger partial charge in [0.05, 0.1) is 6.10 Å². The van der Waals surface area contributed by atoms with Crippen LogP contribution in [0.5, 0.6) is 0 Å². The molecule has 2 aliphatic carbocycles. The minimum atomic E-state index is 0.535. The fourth-order valence-electron chi connectivity index (χ4n) is 4.18. The highest BCUT2D eigenvalue weighted by Gasteiger charge is 2.21. The summed E-state index contributed by atoms with van der Waals surface area (Å²) < 4.78 is 5.46. The van der Waals surface area contributed by atoms with Crippen LogP contribution in [0, 0.1) is 17.8 Å². The van der Waals surface area contributed by atoms with Crippen molar-refractivity contribution in [3.05, 3.63) is 12.2 Å². The van der Waals surface area contributed by atoms with E-state index in [4.69, 9.17) is 4.74 Å². The predicted molar refractivity (Wildman–Crippen MR) is 91.5 cm³/mol. The molecule has 0 amide bonds. The first kappa shape index (κ1) is 17.1. The van der Waals surface area contributed by atoms with Crippen molar-refractivity contribution in [2.24, 2.45) is 17.8 Å². The number of unbranched alkanes of at least 4 members (excludes halogenated alkanes) is 2. The smallest absolute Gasteiger partial charge is 0.0571 e. The molecule has 0 bridgehead atoms. The van der Waals surface area contributed by atoms with Gasteiger partial charge in [0.25, 0.3) is 0 Å². The van der Waals surface area contributed by atoms with E-state index in [1.54, 1.807) is 0 Å². The Balaban J connectivity index is 1.61. The third-order valence-electron chi connectivity index (χ3n) is 5.81. The van der Waals surface area contributed by atoms with Gasteiger partial charge in [-0.2, -0.15) is 0 Å². The molecule has 122 valence electrons. The van der Waals surface area contributed by atoms with Crippen LogP contribution in [0.15, 0.2) is 12.2 Å². The molecule has 0 aliphatic heterocycles. The zero-order valence-corrected chi connectivity index (χ0v) is 14.4. The maximum Gasteiger partial charge on any atom is 0.0571 e. The summed E-state index contributed by atoms with van der Waals surface area (Å²) in [5.41, 5.74) is 0. The molecule has 21 heavy (non-hydrogen) atoms. The van der Waals surface area contributed by atoms with Crippen LogP contribution in [0.25, 0.3) is 0 Å². The highest BCUT2D eigenvalue weighted by molar-refractivity contribution is 4.96. The Morgan fingerprint density at radius 2 is 1.38 bits per heavy atom. The lowest BCUT2D eigenvalue weighted by Gasteiger charge is -2.28. The molecular formula is C20H36O. The van der Waals surface area contributed by atoms with Gasteiger partial charge in [0, 0.05) is 7.11 Å². The normalized spacial score (nSPS) is 34.4. The Morgan fingerprint density at radius 3 is 1.90 bits per heavy atom. The van der Waals surface area contributed by atoms with E-state index in [0.717, 1.165) is 17.8 Å². The first-order valence-corrected chi connectivity index (χ1v) is 9.53. The molecule has 0 heterocycles. The highest BCUT2D eigenvalue weighted by Crippen LogP contribution is 2.34. The fraction of sp³-hybridized carbons (Fsp3) is 0.900. The van der Waals surface area contributed by atoms with Gasteiger partial charge in [0.15, 0.2) is 0 Å². The lowest BCUT2D eigenvalue weighted by atomic mass is 9.78. The van der Waals surface area contributed by atoms with E-state index < -0.39 is 0 Å². The first-order valence-electron chi connectivity index (χ1n) is 9.53. The molecule has 1 heteroatoms. The molecule has 0 aromatic heterocycles. The average Bonchev–Trinajstić information content (AvgIpc) is 2.55. The van der Waals surface area contributed by atoms with Crippen LogP contribution in [0.4, 0.5) is 0 Å². The number of methoxy groups -OCH3 is 1. The Labute approximate surface area is 132 Å². The van der Waals surface area contributed by atoms with Crippen LogP contribution in [0.3, 0.4) is 0 Å². The summed E-state index contributed by atoms with van der Waals surface area (Å²) in [6, 6.07) is 0. The second-order valence-electron chi connectivity index (χ2n) is 7.43. The summed E-state index contributed by atoms with van der Waals surface area (Å²) in [4.78, 5) is 0. The van der Waals surface area contributed by atoms with Gasteiger partial charge in [-0.05, 0) is 69.1 Å². The van der Waals surface area contributed by atoms with Gasteiger partial charge < -0.3 is 4.74 Å². The minimum absolute atomic E-state index is 0.535. The van der Waals surface area contributed by atoms with Crippen molar-refractivity contribution >= 4 is 0 Å². The Hall–Kier alpha value is -0.300. The Kier molecular flexibility index (Phi) is 7.85. The van der Waals surface area contributed by atoms with Crippen LogP contribution in [-0.4, -0.2) is 13.2 Å². The summed E-state index contributed by atoms with van der Waals surface area (Å²) >= 11 is 0. The zero-order valence-electron chi connectivity index (χ0n) is 14.4. The number of allylic oxidation sites excluding steroid dienone is 2. The topological polar surface area (TPSA) is 9.23 Å². The van der Waals surface area contributed by atoms with Crippen molar-refractivity contribution in [3.8, 4) is 0 Å². The van der Waals surface area contributed by atoms with E-state index in [9.17, 15) is 0 Å². The molecule has 0 unspecified atom stereocenters. The monoisotopic (exact) mass is 292 g/mol. The maximum absolute atomic E-state index is 5.46. The minimum Gasteiger partial charge on any atom is -0.381 e. The molecule has 2 rings (SSSR count). The molecule has 1 nitrogen and oxygen atoms in total. The summed E-state index contributed by atoms with van der Waals surface area (Å²) in [6.07, 6.45) is 22.4. The largest absolute Gasteiger partial charge is 0.381 e. The van der Waals surface area contributed by atoms with Gasteiger partial charge in [-0.1, -0.05) is 44.8 Å². The van der Waals surface area contributed by atoms with Crippen molar-refractivity contribution < 1.29 is 4.74 Å². The molecule has 2 fully saturated rings. The van der Waals surface area contributed by atoms with Crippen molar-refractivity contribution in [1.82, 2.24) is 0 Å². The molecule has 2 aliphatic rings. The molecule has 0 atom stereocenters. The SMILES string of the molecule is CCCCCC1CCC(/C=C/C2CCC(OC)CC2)CC1. The van der Waals surface area contributed by atoms with E-state index in [2.05, 4.69) is 19.1 Å². The maximum atomic E-state index is 5.46. The van der Waals surface area contributed by atoms with E-state index in [1.807, 2.05) is 7.11 Å². The van der Waals surface area contributed by atoms with Gasteiger partial charge in [0.2, 0.25) is 0 Å². The first-order chi connectivity index (χ1) is 10.3. The van der Waals surface area contributed by atoms with E-state index in [-0.39, 0.29) is 0 Å². The molecule has 0 N–H and O–H groups in total. The predicted octanol–water partition coefficient (Wildman–Crippen LogP) is 6.13. The zero-order chi connectivity index (χ0) is 14.9. The standard InChI is InChI=1S/C20H36O/c1-3-4-5-6-17-7-9-18(10-8-17)11-12-19-13-15-20(21-2)16-14-19/h11-12,17-20H,3-10,13-16H2,1-2H3/b12-11+. The molecule has 0 radical (unpaired) electrons. The molecule has 0 aromatic rings. The van der Waals surface area contributed by atoms with Gasteiger partial charge >= 0.3 is 0 Å². The van der Waals surface area contributed by atoms with Gasteiger partial charge in [-0.15, -0.1) is 0 Å². The van der Waals surface area contributed by atoms with Crippen molar-refractivity contribution in [3.63, 3.8) is 0 Å². The van der Waals surface area contributed by atoms with Crippen LogP contribution in [0.2, 0.25) is 0 Å². The Morgan fingerprint density at radius 1 is 0.810 bits per heavy atom. The highest BCUT2D eigenvalue weighted by atomic mass is 16.5. The molecule has 0 aromatic carbocycles. The number of rotatable bonds is 7. The second kappa shape index (κ2) is 9.66. The van der Waals surface area contributed by atoms with Crippen LogP contribution < -0.4 is 0 Å². The molecule has 2 saturated carbocycles.